The molecule has 17 heavy (non-hydrogen) atoms. The molecule has 0 saturated heterocycles. The van der Waals surface area contributed by atoms with Crippen LogP contribution in [0.5, 0.6) is 0 Å². The summed E-state index contributed by atoms with van der Waals surface area (Å²) in [6, 6.07) is 6.04. The SMILES string of the molecule is Cc1nn(-c2ccc(Br)cc2CCl)c(C)c1Br. The van der Waals surface area contributed by atoms with Crippen molar-refractivity contribution < 1.29 is 0 Å². The number of aromatic nitrogens is 2. The van der Waals surface area contributed by atoms with Crippen molar-refractivity contribution in [2.24, 2.45) is 0 Å². The van der Waals surface area contributed by atoms with Crippen molar-refractivity contribution in [2.75, 3.05) is 0 Å². The van der Waals surface area contributed by atoms with Gasteiger partial charge in [0.1, 0.15) is 0 Å². The molecule has 1 heterocycles. The van der Waals surface area contributed by atoms with Gasteiger partial charge in [0.15, 0.2) is 0 Å². The molecule has 0 unspecified atom stereocenters. The summed E-state index contributed by atoms with van der Waals surface area (Å²) in [5.41, 5.74) is 4.13. The highest BCUT2D eigenvalue weighted by Gasteiger charge is 2.13. The fourth-order valence-corrected chi connectivity index (χ4v) is 2.60. The third kappa shape index (κ3) is 2.44. The van der Waals surface area contributed by atoms with Gasteiger partial charge in [-0.15, -0.1) is 11.6 Å². The number of hydrogen-bond donors (Lipinski definition) is 0. The Morgan fingerprint density at radius 1 is 1.29 bits per heavy atom. The van der Waals surface area contributed by atoms with Crippen LogP contribution in [-0.2, 0) is 5.88 Å². The maximum atomic E-state index is 5.98. The molecule has 2 aromatic rings. The lowest BCUT2D eigenvalue weighted by Gasteiger charge is -2.09. The lowest BCUT2D eigenvalue weighted by molar-refractivity contribution is 0.825. The van der Waals surface area contributed by atoms with Crippen LogP contribution < -0.4 is 0 Å². The van der Waals surface area contributed by atoms with Crippen molar-refractivity contribution in [3.8, 4) is 5.69 Å². The minimum absolute atomic E-state index is 0.463. The van der Waals surface area contributed by atoms with Crippen LogP contribution in [0.3, 0.4) is 0 Å². The summed E-state index contributed by atoms with van der Waals surface area (Å²) in [6.45, 7) is 4.01. The highest BCUT2D eigenvalue weighted by Crippen LogP contribution is 2.27. The van der Waals surface area contributed by atoms with Gasteiger partial charge in [0, 0.05) is 10.4 Å². The van der Waals surface area contributed by atoms with Crippen LogP contribution in [0.4, 0.5) is 0 Å². The molecule has 0 aliphatic carbocycles. The van der Waals surface area contributed by atoms with E-state index in [-0.39, 0.29) is 0 Å². The second-order valence-electron chi connectivity index (χ2n) is 3.80. The average molecular weight is 378 g/mol. The molecular weight excluding hydrogens is 367 g/mol. The monoisotopic (exact) mass is 376 g/mol. The molecule has 0 bridgehead atoms. The van der Waals surface area contributed by atoms with E-state index in [1.165, 1.54) is 0 Å². The Labute approximate surface area is 122 Å². The maximum Gasteiger partial charge on any atom is 0.0743 e. The van der Waals surface area contributed by atoms with Crippen molar-refractivity contribution in [1.82, 2.24) is 9.78 Å². The quantitative estimate of drug-likeness (QED) is 0.690. The predicted molar refractivity (Wildman–Crippen MR) is 78.0 cm³/mol. The Morgan fingerprint density at radius 3 is 2.53 bits per heavy atom. The van der Waals surface area contributed by atoms with E-state index < -0.39 is 0 Å². The normalized spacial score (nSPS) is 10.9. The van der Waals surface area contributed by atoms with Gasteiger partial charge in [0.05, 0.1) is 21.5 Å². The standard InChI is InChI=1S/C12H11Br2ClN2/c1-7-12(14)8(2)17(16-7)11-4-3-10(13)5-9(11)6-15/h3-5H,6H2,1-2H3. The van der Waals surface area contributed by atoms with Crippen molar-refractivity contribution in [3.63, 3.8) is 0 Å². The summed E-state index contributed by atoms with van der Waals surface area (Å²) in [5, 5.41) is 4.51. The van der Waals surface area contributed by atoms with Crippen LogP contribution in [0, 0.1) is 13.8 Å². The number of rotatable bonds is 2. The predicted octanol–water partition coefficient (Wildman–Crippen LogP) is 4.75. The smallest absolute Gasteiger partial charge is 0.0743 e. The molecule has 1 aromatic carbocycles. The van der Waals surface area contributed by atoms with Gasteiger partial charge < -0.3 is 0 Å². The van der Waals surface area contributed by atoms with Gasteiger partial charge >= 0.3 is 0 Å². The summed E-state index contributed by atoms with van der Waals surface area (Å²) >= 11 is 13.0. The second-order valence-corrected chi connectivity index (χ2v) is 5.78. The Kier molecular flexibility index (Phi) is 3.95. The fourth-order valence-electron chi connectivity index (χ4n) is 1.73. The molecule has 2 rings (SSSR count). The number of alkyl halides is 1. The third-order valence-electron chi connectivity index (χ3n) is 2.62. The maximum absolute atomic E-state index is 5.98. The van der Waals surface area contributed by atoms with E-state index >= 15 is 0 Å². The molecule has 0 amide bonds. The molecule has 1 aromatic heterocycles. The summed E-state index contributed by atoms with van der Waals surface area (Å²) < 4.78 is 3.99. The number of aryl methyl sites for hydroxylation is 1. The fraction of sp³-hybridized carbons (Fsp3) is 0.250. The first-order valence-electron chi connectivity index (χ1n) is 5.11. The van der Waals surface area contributed by atoms with Crippen molar-refractivity contribution in [2.45, 2.75) is 19.7 Å². The van der Waals surface area contributed by atoms with Crippen molar-refractivity contribution >= 4 is 43.5 Å². The van der Waals surface area contributed by atoms with E-state index in [2.05, 4.69) is 37.0 Å². The highest BCUT2D eigenvalue weighted by molar-refractivity contribution is 9.10. The zero-order valence-corrected chi connectivity index (χ0v) is 13.4. The number of nitrogens with zero attached hydrogens (tertiary/aromatic N) is 2. The number of hydrogen-bond acceptors (Lipinski definition) is 1. The molecule has 2 nitrogen and oxygen atoms in total. The zero-order chi connectivity index (χ0) is 12.6. The van der Waals surface area contributed by atoms with Gasteiger partial charge in [-0.2, -0.15) is 5.10 Å². The van der Waals surface area contributed by atoms with E-state index in [0.29, 0.717) is 5.88 Å². The molecule has 0 saturated carbocycles. The summed E-state index contributed by atoms with van der Waals surface area (Å²) in [6.07, 6.45) is 0. The number of halogens is 3. The van der Waals surface area contributed by atoms with Gasteiger partial charge in [0.25, 0.3) is 0 Å². The third-order valence-corrected chi connectivity index (χ3v) is 4.55. The van der Waals surface area contributed by atoms with Gasteiger partial charge in [0.2, 0.25) is 0 Å². The first-order valence-corrected chi connectivity index (χ1v) is 7.23. The molecule has 90 valence electrons. The summed E-state index contributed by atoms with van der Waals surface area (Å²) in [4.78, 5) is 0. The molecule has 5 heteroatoms. The van der Waals surface area contributed by atoms with Crippen LogP contribution in [0.25, 0.3) is 5.69 Å². The van der Waals surface area contributed by atoms with Gasteiger partial charge in [-0.3, -0.25) is 0 Å². The average Bonchev–Trinajstić information content (AvgIpc) is 2.57. The minimum atomic E-state index is 0.463. The van der Waals surface area contributed by atoms with Crippen LogP contribution >= 0.6 is 43.5 Å². The molecule has 0 aliphatic heterocycles. The molecule has 0 spiro atoms. The van der Waals surface area contributed by atoms with E-state index in [9.17, 15) is 0 Å². The van der Waals surface area contributed by atoms with Crippen LogP contribution in [0.1, 0.15) is 17.0 Å². The zero-order valence-electron chi connectivity index (χ0n) is 9.47. The molecular formula is C12H11Br2ClN2. The Morgan fingerprint density at radius 2 is 2.00 bits per heavy atom. The van der Waals surface area contributed by atoms with Crippen LogP contribution in [0.15, 0.2) is 27.1 Å². The largest absolute Gasteiger partial charge is 0.236 e. The highest BCUT2D eigenvalue weighted by atomic mass is 79.9. The van der Waals surface area contributed by atoms with E-state index in [0.717, 1.165) is 31.6 Å². The topological polar surface area (TPSA) is 17.8 Å². The minimum Gasteiger partial charge on any atom is -0.236 e. The van der Waals surface area contributed by atoms with Crippen LogP contribution in [-0.4, -0.2) is 9.78 Å². The lowest BCUT2D eigenvalue weighted by Crippen LogP contribution is -2.02. The Bertz CT molecular complexity index is 564. The first kappa shape index (κ1) is 13.1. The van der Waals surface area contributed by atoms with Gasteiger partial charge in [-0.25, -0.2) is 4.68 Å². The Balaban J connectivity index is 2.64. The first-order chi connectivity index (χ1) is 8.04. The lowest BCUT2D eigenvalue weighted by atomic mass is 10.2. The van der Waals surface area contributed by atoms with E-state index in [4.69, 9.17) is 11.6 Å². The van der Waals surface area contributed by atoms with Gasteiger partial charge in [-0.05, 0) is 53.5 Å². The number of benzene rings is 1. The molecule has 0 N–H and O–H groups in total. The molecule has 0 aliphatic rings. The summed E-state index contributed by atoms with van der Waals surface area (Å²) in [7, 11) is 0. The molecule has 0 fully saturated rings. The summed E-state index contributed by atoms with van der Waals surface area (Å²) in [5.74, 6) is 0.463. The molecule has 0 radical (unpaired) electrons. The molecule has 0 atom stereocenters. The van der Waals surface area contributed by atoms with Gasteiger partial charge in [-0.1, -0.05) is 15.9 Å². The second kappa shape index (κ2) is 5.12. The Hall–Kier alpha value is -0.320. The van der Waals surface area contributed by atoms with Crippen molar-refractivity contribution in [1.29, 1.82) is 0 Å². The van der Waals surface area contributed by atoms with E-state index in [1.54, 1.807) is 0 Å². The van der Waals surface area contributed by atoms with Crippen LogP contribution in [0.2, 0.25) is 0 Å². The van der Waals surface area contributed by atoms with Crippen molar-refractivity contribution in [3.05, 3.63) is 44.1 Å². The van der Waals surface area contributed by atoms with E-state index in [1.807, 2.05) is 36.7 Å².